The summed E-state index contributed by atoms with van der Waals surface area (Å²) >= 11 is 6.21. The molecule has 0 atom stereocenters. The Kier molecular flexibility index (Phi) is 3.89. The topological polar surface area (TPSA) is 60.2 Å². The van der Waals surface area contributed by atoms with Gasteiger partial charge in [0.2, 0.25) is 11.7 Å². The van der Waals surface area contributed by atoms with Crippen LogP contribution in [0.5, 0.6) is 5.75 Å². The Morgan fingerprint density at radius 1 is 1.45 bits per heavy atom. The number of aromatic nitrogens is 2. The number of nitrogens with zero attached hydrogens (tertiary/aromatic N) is 2. The van der Waals surface area contributed by atoms with Crippen molar-refractivity contribution in [1.29, 1.82) is 0 Å². The fourth-order valence-electron chi connectivity index (χ4n) is 1.86. The van der Waals surface area contributed by atoms with E-state index in [9.17, 15) is 0 Å². The van der Waals surface area contributed by atoms with Crippen LogP contribution in [0, 0.1) is 6.92 Å². The van der Waals surface area contributed by atoms with Gasteiger partial charge in [0, 0.05) is 19.5 Å². The van der Waals surface area contributed by atoms with Crippen molar-refractivity contribution in [1.82, 2.24) is 15.5 Å². The smallest absolute Gasteiger partial charge is 0.223 e. The number of hydrogen-bond acceptors (Lipinski definition) is 5. The minimum Gasteiger partial charge on any atom is -0.484 e. The van der Waals surface area contributed by atoms with Crippen molar-refractivity contribution in [3.8, 4) is 5.75 Å². The van der Waals surface area contributed by atoms with Crippen molar-refractivity contribution < 1.29 is 9.26 Å². The van der Waals surface area contributed by atoms with Gasteiger partial charge in [-0.2, -0.15) is 4.98 Å². The van der Waals surface area contributed by atoms with Crippen molar-refractivity contribution in [2.24, 2.45) is 0 Å². The summed E-state index contributed by atoms with van der Waals surface area (Å²) < 4.78 is 10.5. The molecule has 1 aliphatic carbocycles. The lowest BCUT2D eigenvalue weighted by Crippen LogP contribution is -2.15. The molecule has 0 radical (unpaired) electrons. The summed E-state index contributed by atoms with van der Waals surface area (Å²) in [7, 11) is 0. The van der Waals surface area contributed by atoms with Gasteiger partial charge in [0.15, 0.2) is 6.61 Å². The molecule has 1 fully saturated rings. The molecule has 6 heteroatoms. The fraction of sp³-hybridized carbons (Fsp3) is 0.429. The van der Waals surface area contributed by atoms with Gasteiger partial charge < -0.3 is 14.6 Å². The third-order valence-electron chi connectivity index (χ3n) is 3.09. The third-order valence-corrected chi connectivity index (χ3v) is 3.39. The van der Waals surface area contributed by atoms with Gasteiger partial charge in [-0.25, -0.2) is 0 Å². The Morgan fingerprint density at radius 2 is 2.30 bits per heavy atom. The maximum atomic E-state index is 6.21. The van der Waals surface area contributed by atoms with E-state index >= 15 is 0 Å². The fourth-order valence-corrected chi connectivity index (χ4v) is 2.12. The molecule has 0 spiro atoms. The summed E-state index contributed by atoms with van der Waals surface area (Å²) in [5.41, 5.74) is 1.16. The van der Waals surface area contributed by atoms with Crippen LogP contribution >= 0.6 is 11.6 Å². The Balaban J connectivity index is 1.58. The predicted molar refractivity (Wildman–Crippen MR) is 74.7 cm³/mol. The van der Waals surface area contributed by atoms with Crippen LogP contribution in [0.15, 0.2) is 22.7 Å². The molecule has 20 heavy (non-hydrogen) atoms. The summed E-state index contributed by atoms with van der Waals surface area (Å²) in [6.07, 6.45) is 2.55. The van der Waals surface area contributed by atoms with Gasteiger partial charge in [0.25, 0.3) is 0 Å². The molecule has 0 bridgehead atoms. The van der Waals surface area contributed by atoms with E-state index in [2.05, 4.69) is 15.5 Å². The molecule has 1 heterocycles. The number of aryl methyl sites for hydroxylation is 1. The van der Waals surface area contributed by atoms with Crippen molar-refractivity contribution in [3.05, 3.63) is 40.5 Å². The van der Waals surface area contributed by atoms with E-state index in [1.807, 2.05) is 18.2 Å². The SMILES string of the molecule is Cc1nc(COc2ccc(CNC3CC3)cc2Cl)no1. The Hall–Kier alpha value is -1.59. The average molecular weight is 294 g/mol. The first-order valence-electron chi connectivity index (χ1n) is 6.64. The molecule has 3 rings (SSSR count). The molecule has 0 amide bonds. The van der Waals surface area contributed by atoms with Crippen LogP contribution in [0.3, 0.4) is 0 Å². The molecular weight excluding hydrogens is 278 g/mol. The van der Waals surface area contributed by atoms with Crippen molar-refractivity contribution in [2.75, 3.05) is 0 Å². The standard InChI is InChI=1S/C14H16ClN3O2/c1-9-17-14(18-20-9)8-19-13-5-2-10(6-12(13)15)7-16-11-3-4-11/h2,5-6,11,16H,3-4,7-8H2,1H3. The van der Waals surface area contributed by atoms with Gasteiger partial charge in [0.1, 0.15) is 5.75 Å². The van der Waals surface area contributed by atoms with E-state index in [1.165, 1.54) is 12.8 Å². The predicted octanol–water partition coefficient (Wildman–Crippen LogP) is 2.86. The first-order chi connectivity index (χ1) is 9.70. The van der Waals surface area contributed by atoms with Crippen LogP contribution in [-0.2, 0) is 13.2 Å². The lowest BCUT2D eigenvalue weighted by atomic mass is 10.2. The highest BCUT2D eigenvalue weighted by molar-refractivity contribution is 6.32. The number of nitrogens with one attached hydrogen (secondary N) is 1. The molecule has 106 valence electrons. The van der Waals surface area contributed by atoms with Crippen molar-refractivity contribution >= 4 is 11.6 Å². The number of rotatable bonds is 6. The average Bonchev–Trinajstić information content (AvgIpc) is 3.17. The van der Waals surface area contributed by atoms with Gasteiger partial charge in [-0.15, -0.1) is 0 Å². The van der Waals surface area contributed by atoms with Crippen molar-refractivity contribution in [2.45, 2.75) is 39.0 Å². The highest BCUT2D eigenvalue weighted by Crippen LogP contribution is 2.27. The third kappa shape index (κ3) is 3.49. The van der Waals surface area contributed by atoms with Gasteiger partial charge in [-0.05, 0) is 30.5 Å². The van der Waals surface area contributed by atoms with E-state index in [4.69, 9.17) is 20.9 Å². The largest absolute Gasteiger partial charge is 0.484 e. The summed E-state index contributed by atoms with van der Waals surface area (Å²) in [4.78, 5) is 4.07. The second-order valence-electron chi connectivity index (χ2n) is 4.94. The molecule has 1 aromatic heterocycles. The highest BCUT2D eigenvalue weighted by atomic mass is 35.5. The minimum absolute atomic E-state index is 0.247. The molecule has 2 aromatic rings. The normalized spacial score (nSPS) is 14.5. The molecule has 1 aromatic carbocycles. The number of ether oxygens (including phenoxy) is 1. The number of benzene rings is 1. The maximum absolute atomic E-state index is 6.21. The van der Waals surface area contributed by atoms with E-state index < -0.39 is 0 Å². The van der Waals surface area contributed by atoms with E-state index in [-0.39, 0.29) is 6.61 Å². The summed E-state index contributed by atoms with van der Waals surface area (Å²) in [5.74, 6) is 1.67. The van der Waals surface area contributed by atoms with Crippen LogP contribution in [0.2, 0.25) is 5.02 Å². The molecule has 0 saturated heterocycles. The zero-order chi connectivity index (χ0) is 13.9. The highest BCUT2D eigenvalue weighted by Gasteiger charge is 2.20. The summed E-state index contributed by atoms with van der Waals surface area (Å²) in [6, 6.07) is 6.50. The van der Waals surface area contributed by atoms with Crippen LogP contribution in [0.1, 0.15) is 30.1 Å². The lowest BCUT2D eigenvalue weighted by Gasteiger charge is -2.08. The van der Waals surface area contributed by atoms with Crippen molar-refractivity contribution in [3.63, 3.8) is 0 Å². The molecule has 1 saturated carbocycles. The quantitative estimate of drug-likeness (QED) is 0.887. The van der Waals surface area contributed by atoms with Gasteiger partial charge in [0.05, 0.1) is 5.02 Å². The van der Waals surface area contributed by atoms with E-state index in [0.29, 0.717) is 28.5 Å². The van der Waals surface area contributed by atoms with Gasteiger partial charge in [-0.3, -0.25) is 0 Å². The maximum Gasteiger partial charge on any atom is 0.223 e. The molecular formula is C14H16ClN3O2. The Morgan fingerprint density at radius 3 is 2.95 bits per heavy atom. The summed E-state index contributed by atoms with van der Waals surface area (Å²) in [5, 5.41) is 7.82. The van der Waals surface area contributed by atoms with Crippen LogP contribution < -0.4 is 10.1 Å². The van der Waals surface area contributed by atoms with Crippen LogP contribution in [-0.4, -0.2) is 16.2 Å². The second kappa shape index (κ2) is 5.81. The summed E-state index contributed by atoms with van der Waals surface area (Å²) in [6.45, 7) is 2.83. The van der Waals surface area contributed by atoms with Gasteiger partial charge >= 0.3 is 0 Å². The number of hydrogen-bond donors (Lipinski definition) is 1. The first kappa shape index (κ1) is 13.4. The number of halogens is 1. The monoisotopic (exact) mass is 293 g/mol. The molecule has 0 unspecified atom stereocenters. The molecule has 5 nitrogen and oxygen atoms in total. The van der Waals surface area contributed by atoms with Gasteiger partial charge in [-0.1, -0.05) is 22.8 Å². The molecule has 0 aliphatic heterocycles. The zero-order valence-corrected chi connectivity index (χ0v) is 12.0. The van der Waals surface area contributed by atoms with E-state index in [0.717, 1.165) is 12.1 Å². The lowest BCUT2D eigenvalue weighted by molar-refractivity contribution is 0.286. The first-order valence-corrected chi connectivity index (χ1v) is 7.02. The molecule has 1 N–H and O–H groups in total. The Bertz CT molecular complexity index is 596. The zero-order valence-electron chi connectivity index (χ0n) is 11.2. The van der Waals surface area contributed by atoms with Crippen LogP contribution in [0.4, 0.5) is 0 Å². The minimum atomic E-state index is 0.247. The van der Waals surface area contributed by atoms with E-state index in [1.54, 1.807) is 6.92 Å². The second-order valence-corrected chi connectivity index (χ2v) is 5.35. The Labute approximate surface area is 122 Å². The van der Waals surface area contributed by atoms with Crippen LogP contribution in [0.25, 0.3) is 0 Å². The molecule has 1 aliphatic rings.